The number of hydrogen-bond donors (Lipinski definition) is 0. The molecule has 0 N–H and O–H groups in total. The molecule has 2 aromatic carbocycles. The van der Waals surface area contributed by atoms with Crippen molar-refractivity contribution in [3.05, 3.63) is 76.0 Å². The molecule has 0 aliphatic heterocycles. The van der Waals surface area contributed by atoms with Gasteiger partial charge in [-0.2, -0.15) is 0 Å². The van der Waals surface area contributed by atoms with E-state index in [-0.39, 0.29) is 5.69 Å². The van der Waals surface area contributed by atoms with Gasteiger partial charge in [0.2, 0.25) is 0 Å². The van der Waals surface area contributed by atoms with Gasteiger partial charge >= 0.3 is 0 Å². The van der Waals surface area contributed by atoms with E-state index in [0.717, 1.165) is 28.1 Å². The highest BCUT2D eigenvalue weighted by Gasteiger charge is 2.11. The molecule has 0 amide bonds. The maximum Gasteiger partial charge on any atom is 0.287 e. The van der Waals surface area contributed by atoms with Crippen LogP contribution in [0.2, 0.25) is 0 Å². The molecule has 0 aliphatic rings. The normalized spacial score (nSPS) is 10.6. The van der Waals surface area contributed by atoms with E-state index in [1.807, 2.05) is 21.0 Å². The standard InChI is InChI=1S/C21H21N3O2/c1-14-12-20(21-10-9-18(13-22-21)24(25)26)15(2)11-19(14)16-5-7-17(8-6-16)23(3)4/h5-13H,1-4H3. The lowest BCUT2D eigenvalue weighted by Crippen LogP contribution is -2.07. The fraction of sp³-hybridized carbons (Fsp3) is 0.190. The number of aryl methyl sites for hydroxylation is 2. The fourth-order valence-corrected chi connectivity index (χ4v) is 3.00. The molecule has 1 heterocycles. The van der Waals surface area contributed by atoms with Crippen molar-refractivity contribution < 1.29 is 4.92 Å². The molecule has 132 valence electrons. The molecule has 0 saturated carbocycles. The predicted molar refractivity (Wildman–Crippen MR) is 106 cm³/mol. The fourth-order valence-electron chi connectivity index (χ4n) is 3.00. The monoisotopic (exact) mass is 347 g/mol. The van der Waals surface area contributed by atoms with E-state index in [1.165, 1.54) is 23.4 Å². The van der Waals surface area contributed by atoms with Crippen LogP contribution in [0.4, 0.5) is 11.4 Å². The van der Waals surface area contributed by atoms with E-state index in [4.69, 9.17) is 0 Å². The van der Waals surface area contributed by atoms with Gasteiger partial charge in [0.05, 0.1) is 10.6 Å². The van der Waals surface area contributed by atoms with Crippen LogP contribution in [0.5, 0.6) is 0 Å². The van der Waals surface area contributed by atoms with Gasteiger partial charge in [-0.1, -0.05) is 18.2 Å². The Balaban J connectivity index is 1.99. The molecular weight excluding hydrogens is 326 g/mol. The first kappa shape index (κ1) is 17.6. The first-order valence-corrected chi connectivity index (χ1v) is 8.36. The SMILES string of the molecule is Cc1cc(-c2ccc([N+](=O)[O-])cn2)c(C)cc1-c1ccc(N(C)C)cc1. The van der Waals surface area contributed by atoms with E-state index in [0.29, 0.717) is 0 Å². The second kappa shape index (κ2) is 6.96. The van der Waals surface area contributed by atoms with Crippen molar-refractivity contribution in [2.24, 2.45) is 0 Å². The molecule has 0 atom stereocenters. The van der Waals surface area contributed by atoms with Crippen molar-refractivity contribution in [3.8, 4) is 22.4 Å². The van der Waals surface area contributed by atoms with E-state index in [1.54, 1.807) is 6.07 Å². The van der Waals surface area contributed by atoms with Crippen LogP contribution in [0.15, 0.2) is 54.7 Å². The molecule has 5 nitrogen and oxygen atoms in total. The molecule has 0 radical (unpaired) electrons. The number of hydrogen-bond acceptors (Lipinski definition) is 4. The third-order valence-electron chi connectivity index (χ3n) is 4.50. The maximum absolute atomic E-state index is 10.8. The van der Waals surface area contributed by atoms with Crippen molar-refractivity contribution in [1.82, 2.24) is 4.98 Å². The lowest BCUT2D eigenvalue weighted by Gasteiger charge is -2.15. The molecule has 0 spiro atoms. The van der Waals surface area contributed by atoms with Gasteiger partial charge in [-0.05, 0) is 60.4 Å². The van der Waals surface area contributed by atoms with Gasteiger partial charge in [-0.15, -0.1) is 0 Å². The number of aromatic nitrogens is 1. The Morgan fingerprint density at radius 3 is 2.08 bits per heavy atom. The van der Waals surface area contributed by atoms with Crippen molar-refractivity contribution in [2.45, 2.75) is 13.8 Å². The Bertz CT molecular complexity index is 946. The average molecular weight is 347 g/mol. The zero-order valence-electron chi connectivity index (χ0n) is 15.4. The number of rotatable bonds is 4. The zero-order valence-corrected chi connectivity index (χ0v) is 15.4. The molecule has 0 bridgehead atoms. The summed E-state index contributed by atoms with van der Waals surface area (Å²) >= 11 is 0. The highest BCUT2D eigenvalue weighted by Crippen LogP contribution is 2.32. The molecule has 0 aliphatic carbocycles. The summed E-state index contributed by atoms with van der Waals surface area (Å²) in [6.45, 7) is 4.11. The highest BCUT2D eigenvalue weighted by atomic mass is 16.6. The minimum absolute atomic E-state index is 0.000673. The molecule has 0 fully saturated rings. The summed E-state index contributed by atoms with van der Waals surface area (Å²) in [6, 6.07) is 15.9. The number of nitrogens with zero attached hydrogens (tertiary/aromatic N) is 3. The topological polar surface area (TPSA) is 59.3 Å². The van der Waals surface area contributed by atoms with E-state index in [2.05, 4.69) is 53.2 Å². The second-order valence-corrected chi connectivity index (χ2v) is 6.58. The van der Waals surface area contributed by atoms with Gasteiger partial charge < -0.3 is 4.90 Å². The van der Waals surface area contributed by atoms with E-state index >= 15 is 0 Å². The lowest BCUT2D eigenvalue weighted by atomic mass is 9.93. The Morgan fingerprint density at radius 2 is 1.54 bits per heavy atom. The number of benzene rings is 2. The summed E-state index contributed by atoms with van der Waals surface area (Å²) in [5.41, 5.74) is 7.47. The summed E-state index contributed by atoms with van der Waals surface area (Å²) in [5.74, 6) is 0. The maximum atomic E-state index is 10.8. The molecular formula is C21H21N3O2. The zero-order chi connectivity index (χ0) is 18.8. The van der Waals surface area contributed by atoms with Crippen LogP contribution in [0.3, 0.4) is 0 Å². The Hall–Kier alpha value is -3.21. The largest absolute Gasteiger partial charge is 0.378 e. The van der Waals surface area contributed by atoms with Crippen LogP contribution in [-0.4, -0.2) is 24.0 Å². The van der Waals surface area contributed by atoms with Crippen molar-refractivity contribution in [3.63, 3.8) is 0 Å². The van der Waals surface area contributed by atoms with Crippen LogP contribution in [0.25, 0.3) is 22.4 Å². The Morgan fingerprint density at radius 1 is 0.923 bits per heavy atom. The predicted octanol–water partition coefficient (Wildman–Crippen LogP) is 5.01. The minimum Gasteiger partial charge on any atom is -0.378 e. The summed E-state index contributed by atoms with van der Waals surface area (Å²) in [7, 11) is 4.05. The number of pyridine rings is 1. The minimum atomic E-state index is -0.435. The first-order chi connectivity index (χ1) is 12.4. The quantitative estimate of drug-likeness (QED) is 0.492. The second-order valence-electron chi connectivity index (χ2n) is 6.58. The molecule has 3 rings (SSSR count). The molecule has 0 saturated heterocycles. The number of anilines is 1. The lowest BCUT2D eigenvalue weighted by molar-refractivity contribution is -0.385. The van der Waals surface area contributed by atoms with E-state index in [9.17, 15) is 10.1 Å². The third kappa shape index (κ3) is 3.42. The van der Waals surface area contributed by atoms with Crippen LogP contribution in [0.1, 0.15) is 11.1 Å². The van der Waals surface area contributed by atoms with E-state index < -0.39 is 4.92 Å². The van der Waals surface area contributed by atoms with Crippen LogP contribution < -0.4 is 4.90 Å². The van der Waals surface area contributed by atoms with Gasteiger partial charge in [-0.3, -0.25) is 10.1 Å². The van der Waals surface area contributed by atoms with Crippen molar-refractivity contribution in [2.75, 3.05) is 19.0 Å². The van der Waals surface area contributed by atoms with Gasteiger partial charge in [0.25, 0.3) is 5.69 Å². The first-order valence-electron chi connectivity index (χ1n) is 8.36. The highest BCUT2D eigenvalue weighted by molar-refractivity contribution is 5.76. The molecule has 26 heavy (non-hydrogen) atoms. The third-order valence-corrected chi connectivity index (χ3v) is 4.50. The molecule has 1 aromatic heterocycles. The Labute approximate surface area is 153 Å². The van der Waals surface area contributed by atoms with Gasteiger partial charge in [0, 0.05) is 31.4 Å². The summed E-state index contributed by atoms with van der Waals surface area (Å²) < 4.78 is 0. The summed E-state index contributed by atoms with van der Waals surface area (Å²) in [5, 5.41) is 10.8. The van der Waals surface area contributed by atoms with Crippen molar-refractivity contribution in [1.29, 1.82) is 0 Å². The van der Waals surface area contributed by atoms with Crippen LogP contribution in [0, 0.1) is 24.0 Å². The smallest absolute Gasteiger partial charge is 0.287 e. The number of nitro groups is 1. The summed E-state index contributed by atoms with van der Waals surface area (Å²) in [6.07, 6.45) is 1.30. The van der Waals surface area contributed by atoms with Crippen LogP contribution >= 0.6 is 0 Å². The molecule has 5 heteroatoms. The van der Waals surface area contributed by atoms with Crippen molar-refractivity contribution >= 4 is 11.4 Å². The van der Waals surface area contributed by atoms with Gasteiger partial charge in [0.15, 0.2) is 0 Å². The van der Waals surface area contributed by atoms with Crippen LogP contribution in [-0.2, 0) is 0 Å². The molecule has 0 unspecified atom stereocenters. The molecule has 3 aromatic rings. The van der Waals surface area contributed by atoms with Gasteiger partial charge in [-0.25, -0.2) is 4.98 Å². The summed E-state index contributed by atoms with van der Waals surface area (Å²) in [4.78, 5) is 16.7. The van der Waals surface area contributed by atoms with Gasteiger partial charge in [0.1, 0.15) is 6.20 Å². The average Bonchev–Trinajstić information content (AvgIpc) is 2.63. The Kier molecular flexibility index (Phi) is 4.71.